The quantitative estimate of drug-likeness (QED) is 0.858. The highest BCUT2D eigenvalue weighted by Gasteiger charge is 2.21. The van der Waals surface area contributed by atoms with Gasteiger partial charge in [-0.25, -0.2) is 0 Å². The van der Waals surface area contributed by atoms with Crippen molar-refractivity contribution in [3.05, 3.63) is 59.7 Å². The van der Waals surface area contributed by atoms with E-state index in [9.17, 15) is 9.59 Å². The molecule has 1 amide bonds. The molecule has 0 aromatic heterocycles. The predicted molar refractivity (Wildman–Crippen MR) is 92.4 cm³/mol. The number of hydrogen-bond donors (Lipinski definition) is 1. The molecule has 0 bridgehead atoms. The summed E-state index contributed by atoms with van der Waals surface area (Å²) in [6.07, 6.45) is 0. The van der Waals surface area contributed by atoms with Crippen molar-refractivity contribution in [2.75, 3.05) is 24.6 Å². The van der Waals surface area contributed by atoms with Crippen molar-refractivity contribution in [2.24, 2.45) is 0 Å². The molecule has 1 aliphatic heterocycles. The van der Waals surface area contributed by atoms with Crippen LogP contribution in [-0.2, 0) is 11.3 Å². The molecule has 124 valence electrons. The number of nitrogens with one attached hydrogen (secondary N) is 1. The van der Waals surface area contributed by atoms with Gasteiger partial charge in [-0.05, 0) is 30.7 Å². The van der Waals surface area contributed by atoms with E-state index in [1.807, 2.05) is 35.2 Å². The van der Waals surface area contributed by atoms with Crippen molar-refractivity contribution in [3.8, 4) is 5.75 Å². The van der Waals surface area contributed by atoms with E-state index in [4.69, 9.17) is 4.74 Å². The molecule has 24 heavy (non-hydrogen) atoms. The van der Waals surface area contributed by atoms with Crippen molar-refractivity contribution < 1.29 is 14.3 Å². The first-order valence-electron chi connectivity index (χ1n) is 7.97. The minimum Gasteiger partial charge on any atom is -0.490 e. The second kappa shape index (κ2) is 7.17. The highest BCUT2D eigenvalue weighted by atomic mass is 16.5. The Balaban J connectivity index is 1.67. The number of rotatable bonds is 5. The molecule has 0 atom stereocenters. The zero-order valence-electron chi connectivity index (χ0n) is 13.6. The normalized spacial score (nSPS) is 13.0. The maximum Gasteiger partial charge on any atom is 0.239 e. The summed E-state index contributed by atoms with van der Waals surface area (Å²) in [6, 6.07) is 15.1. The Morgan fingerprint density at radius 3 is 2.71 bits per heavy atom. The Kier molecular flexibility index (Phi) is 4.79. The molecule has 5 nitrogen and oxygen atoms in total. The van der Waals surface area contributed by atoms with E-state index in [-0.39, 0.29) is 18.2 Å². The van der Waals surface area contributed by atoms with Gasteiger partial charge in [0, 0.05) is 12.1 Å². The van der Waals surface area contributed by atoms with Gasteiger partial charge in [0.25, 0.3) is 0 Å². The number of carbonyl (C=O) groups excluding carboxylic acids is 2. The maximum absolute atomic E-state index is 12.3. The van der Waals surface area contributed by atoms with E-state index in [0.717, 1.165) is 11.3 Å². The molecule has 0 aliphatic carbocycles. The number of ether oxygens (including phenoxy) is 1. The number of Topliss-reactive ketones (excluding diaryl/α,β-unsaturated/α-hetero) is 1. The number of fused-ring (bicyclic) bond motifs is 1. The lowest BCUT2D eigenvalue weighted by molar-refractivity contribution is -0.120. The average Bonchev–Trinajstić information content (AvgIpc) is 2.61. The van der Waals surface area contributed by atoms with E-state index in [0.29, 0.717) is 31.0 Å². The van der Waals surface area contributed by atoms with Crippen LogP contribution in [0.1, 0.15) is 22.8 Å². The molecule has 0 radical (unpaired) electrons. The Hall–Kier alpha value is -2.82. The standard InChI is InChI=1S/C19H20N2O3/c1-14(22)16-7-8-18-17(11-16)21(9-10-24-18)13-19(23)20-12-15-5-3-2-4-6-15/h2-8,11H,9-10,12-13H2,1H3,(H,20,23). The first-order valence-corrected chi connectivity index (χ1v) is 7.97. The Morgan fingerprint density at radius 1 is 1.17 bits per heavy atom. The van der Waals surface area contributed by atoms with Crippen molar-refractivity contribution in [2.45, 2.75) is 13.5 Å². The van der Waals surface area contributed by atoms with Gasteiger partial charge in [-0.15, -0.1) is 0 Å². The Morgan fingerprint density at radius 2 is 1.96 bits per heavy atom. The topological polar surface area (TPSA) is 58.6 Å². The smallest absolute Gasteiger partial charge is 0.239 e. The molecule has 0 saturated heterocycles. The molecule has 5 heteroatoms. The molecule has 0 fully saturated rings. The minimum atomic E-state index is -0.0556. The van der Waals surface area contributed by atoms with Crippen LogP contribution in [0.3, 0.4) is 0 Å². The number of carbonyl (C=O) groups is 2. The van der Waals surface area contributed by atoms with Crippen molar-refractivity contribution in [1.29, 1.82) is 0 Å². The fraction of sp³-hybridized carbons (Fsp3) is 0.263. The fourth-order valence-corrected chi connectivity index (χ4v) is 2.68. The highest BCUT2D eigenvalue weighted by Crippen LogP contribution is 2.32. The van der Waals surface area contributed by atoms with Crippen molar-refractivity contribution in [1.82, 2.24) is 5.32 Å². The third kappa shape index (κ3) is 3.74. The third-order valence-corrected chi connectivity index (χ3v) is 3.99. The van der Waals surface area contributed by atoms with Gasteiger partial charge in [0.05, 0.1) is 18.8 Å². The van der Waals surface area contributed by atoms with Crippen LogP contribution >= 0.6 is 0 Å². The SMILES string of the molecule is CC(=O)c1ccc2c(c1)N(CC(=O)NCc1ccccc1)CCO2. The average molecular weight is 324 g/mol. The molecule has 2 aromatic rings. The Bertz CT molecular complexity index is 744. The van der Waals surface area contributed by atoms with Gasteiger partial charge in [-0.1, -0.05) is 30.3 Å². The Labute approximate surface area is 141 Å². The van der Waals surface area contributed by atoms with Gasteiger partial charge in [0.1, 0.15) is 12.4 Å². The highest BCUT2D eigenvalue weighted by molar-refractivity contribution is 5.96. The molecular formula is C19H20N2O3. The predicted octanol–water partition coefficient (Wildman–Crippen LogP) is 2.40. The van der Waals surface area contributed by atoms with Crippen LogP contribution in [0.15, 0.2) is 48.5 Å². The van der Waals surface area contributed by atoms with Gasteiger partial charge >= 0.3 is 0 Å². The molecule has 2 aromatic carbocycles. The summed E-state index contributed by atoms with van der Waals surface area (Å²) in [5, 5.41) is 2.93. The van der Waals surface area contributed by atoms with Crippen LogP contribution in [0.5, 0.6) is 5.75 Å². The van der Waals surface area contributed by atoms with Crippen molar-refractivity contribution >= 4 is 17.4 Å². The number of anilines is 1. The van der Waals surface area contributed by atoms with Gasteiger partial charge in [0.15, 0.2) is 5.78 Å². The van der Waals surface area contributed by atoms with Crippen LogP contribution in [-0.4, -0.2) is 31.4 Å². The summed E-state index contributed by atoms with van der Waals surface area (Å²) in [5.74, 6) is 0.652. The van der Waals surface area contributed by atoms with E-state index in [2.05, 4.69) is 5.32 Å². The van der Waals surface area contributed by atoms with Gasteiger partial charge in [-0.2, -0.15) is 0 Å². The van der Waals surface area contributed by atoms with Gasteiger partial charge in [0.2, 0.25) is 5.91 Å². The molecule has 0 spiro atoms. The monoisotopic (exact) mass is 324 g/mol. The lowest BCUT2D eigenvalue weighted by atomic mass is 10.1. The van der Waals surface area contributed by atoms with Crippen LogP contribution < -0.4 is 15.0 Å². The van der Waals surface area contributed by atoms with Crippen LogP contribution in [0.25, 0.3) is 0 Å². The van der Waals surface area contributed by atoms with E-state index < -0.39 is 0 Å². The number of benzene rings is 2. The van der Waals surface area contributed by atoms with E-state index >= 15 is 0 Å². The zero-order valence-corrected chi connectivity index (χ0v) is 13.6. The molecule has 1 N–H and O–H groups in total. The molecular weight excluding hydrogens is 304 g/mol. The van der Waals surface area contributed by atoms with Crippen LogP contribution in [0.4, 0.5) is 5.69 Å². The lowest BCUT2D eigenvalue weighted by Crippen LogP contribution is -2.41. The maximum atomic E-state index is 12.3. The second-order valence-electron chi connectivity index (χ2n) is 5.77. The third-order valence-electron chi connectivity index (χ3n) is 3.99. The van der Waals surface area contributed by atoms with Crippen LogP contribution in [0, 0.1) is 0 Å². The van der Waals surface area contributed by atoms with Crippen molar-refractivity contribution in [3.63, 3.8) is 0 Å². The molecule has 1 aliphatic rings. The summed E-state index contributed by atoms with van der Waals surface area (Å²) in [6.45, 7) is 3.42. The second-order valence-corrected chi connectivity index (χ2v) is 5.77. The van der Waals surface area contributed by atoms with Crippen LogP contribution in [0.2, 0.25) is 0 Å². The van der Waals surface area contributed by atoms with Gasteiger partial charge in [-0.3, -0.25) is 9.59 Å². The molecule has 0 unspecified atom stereocenters. The number of amides is 1. The summed E-state index contributed by atoms with van der Waals surface area (Å²) in [4.78, 5) is 25.8. The summed E-state index contributed by atoms with van der Waals surface area (Å²) in [7, 11) is 0. The summed E-state index contributed by atoms with van der Waals surface area (Å²) in [5.41, 5.74) is 2.48. The first kappa shape index (κ1) is 16.1. The number of hydrogen-bond acceptors (Lipinski definition) is 4. The van der Waals surface area contributed by atoms with E-state index in [1.54, 1.807) is 18.2 Å². The molecule has 0 saturated carbocycles. The fourth-order valence-electron chi connectivity index (χ4n) is 2.68. The lowest BCUT2D eigenvalue weighted by Gasteiger charge is -2.31. The van der Waals surface area contributed by atoms with Gasteiger partial charge < -0.3 is 15.0 Å². The summed E-state index contributed by atoms with van der Waals surface area (Å²) < 4.78 is 5.61. The summed E-state index contributed by atoms with van der Waals surface area (Å²) >= 11 is 0. The molecule has 3 rings (SSSR count). The van der Waals surface area contributed by atoms with E-state index in [1.165, 1.54) is 6.92 Å². The zero-order chi connectivity index (χ0) is 16.9. The minimum absolute atomic E-state index is 0.00291. The largest absolute Gasteiger partial charge is 0.490 e. The number of nitrogens with zero attached hydrogens (tertiary/aromatic N) is 1. The number of ketones is 1. The molecule has 1 heterocycles. The first-order chi connectivity index (χ1) is 11.6.